The average Bonchev–Trinajstić information content (AvgIpc) is 2.46. The van der Waals surface area contributed by atoms with E-state index in [2.05, 4.69) is 10.3 Å². The van der Waals surface area contributed by atoms with Gasteiger partial charge in [0.2, 0.25) is 0 Å². The summed E-state index contributed by atoms with van der Waals surface area (Å²) >= 11 is 1.36. The van der Waals surface area contributed by atoms with Crippen molar-refractivity contribution in [1.29, 1.82) is 0 Å². The first kappa shape index (κ1) is 15.9. The Labute approximate surface area is 125 Å². The minimum absolute atomic E-state index is 0.156. The fraction of sp³-hybridized carbons (Fsp3) is 0.267. The minimum atomic E-state index is -4.35. The topological polar surface area (TPSA) is 24.9 Å². The first-order valence-corrected chi connectivity index (χ1v) is 7.20. The summed E-state index contributed by atoms with van der Waals surface area (Å²) in [7, 11) is 1.86. The molecular weight excluding hydrogens is 297 g/mol. The van der Waals surface area contributed by atoms with E-state index in [-0.39, 0.29) is 6.04 Å². The second-order valence-electron chi connectivity index (χ2n) is 4.53. The molecule has 0 aliphatic carbocycles. The van der Waals surface area contributed by atoms with Crippen LogP contribution in [0.5, 0.6) is 0 Å². The van der Waals surface area contributed by atoms with E-state index in [1.165, 1.54) is 17.8 Å². The first-order valence-electron chi connectivity index (χ1n) is 6.39. The van der Waals surface area contributed by atoms with Crippen LogP contribution in [0.2, 0.25) is 0 Å². The van der Waals surface area contributed by atoms with Crippen molar-refractivity contribution in [2.24, 2.45) is 0 Å². The molecule has 21 heavy (non-hydrogen) atoms. The van der Waals surface area contributed by atoms with Gasteiger partial charge in [0.05, 0.1) is 5.56 Å². The number of benzene rings is 1. The second-order valence-corrected chi connectivity index (χ2v) is 5.60. The molecule has 0 saturated heterocycles. The van der Waals surface area contributed by atoms with Gasteiger partial charge in [-0.15, -0.1) is 0 Å². The molecule has 1 aromatic carbocycles. The number of aromatic nitrogens is 1. The lowest BCUT2D eigenvalue weighted by molar-refractivity contribution is -0.137. The van der Waals surface area contributed by atoms with Crippen molar-refractivity contribution in [2.75, 3.05) is 7.05 Å². The molecule has 0 spiro atoms. The first-order chi connectivity index (χ1) is 9.91. The molecule has 0 aliphatic heterocycles. The molecule has 0 aliphatic rings. The van der Waals surface area contributed by atoms with Gasteiger partial charge >= 0.3 is 6.18 Å². The van der Waals surface area contributed by atoms with Crippen LogP contribution in [0, 0.1) is 0 Å². The molecule has 0 amide bonds. The molecule has 1 atom stereocenters. The third-order valence-corrected chi connectivity index (χ3v) is 4.14. The highest BCUT2D eigenvalue weighted by atomic mass is 32.2. The summed E-state index contributed by atoms with van der Waals surface area (Å²) < 4.78 is 37.5. The van der Waals surface area contributed by atoms with Gasteiger partial charge in [0.1, 0.15) is 5.03 Å². The summed E-state index contributed by atoms with van der Waals surface area (Å²) in [6, 6.07) is 10.4. The van der Waals surface area contributed by atoms with Crippen molar-refractivity contribution >= 4 is 11.8 Å². The molecular formula is C15H15F3N2S. The molecule has 0 bridgehead atoms. The Morgan fingerprint density at radius 2 is 1.86 bits per heavy atom. The Morgan fingerprint density at radius 3 is 2.43 bits per heavy atom. The lowest BCUT2D eigenvalue weighted by Gasteiger charge is -2.15. The van der Waals surface area contributed by atoms with Crippen molar-refractivity contribution in [2.45, 2.75) is 29.1 Å². The highest BCUT2D eigenvalue weighted by Crippen LogP contribution is 2.34. The SMILES string of the molecule is CNC(C)c1ccccc1Sc1ccc(C(F)(F)F)cn1. The van der Waals surface area contributed by atoms with Gasteiger partial charge in [-0.3, -0.25) is 0 Å². The Balaban J connectivity index is 2.23. The lowest BCUT2D eigenvalue weighted by Crippen LogP contribution is -2.13. The van der Waals surface area contributed by atoms with Crippen LogP contribution in [0.25, 0.3) is 0 Å². The summed E-state index contributed by atoms with van der Waals surface area (Å²) in [6.45, 7) is 2.03. The molecule has 1 aromatic heterocycles. The summed E-state index contributed by atoms with van der Waals surface area (Å²) in [6.07, 6.45) is -3.48. The molecule has 0 fully saturated rings. The summed E-state index contributed by atoms with van der Waals surface area (Å²) in [5.41, 5.74) is 0.357. The van der Waals surface area contributed by atoms with Crippen LogP contribution in [0.15, 0.2) is 52.5 Å². The van der Waals surface area contributed by atoms with Crippen LogP contribution in [-0.4, -0.2) is 12.0 Å². The summed E-state index contributed by atoms with van der Waals surface area (Å²) in [4.78, 5) is 4.87. The smallest absolute Gasteiger partial charge is 0.313 e. The van der Waals surface area contributed by atoms with Gasteiger partial charge in [-0.1, -0.05) is 30.0 Å². The van der Waals surface area contributed by atoms with Gasteiger partial charge in [-0.05, 0) is 37.7 Å². The van der Waals surface area contributed by atoms with E-state index in [9.17, 15) is 13.2 Å². The molecule has 1 unspecified atom stereocenters. The van der Waals surface area contributed by atoms with Gasteiger partial charge < -0.3 is 5.32 Å². The van der Waals surface area contributed by atoms with Gasteiger partial charge in [0.15, 0.2) is 0 Å². The quantitative estimate of drug-likeness (QED) is 0.897. The highest BCUT2D eigenvalue weighted by molar-refractivity contribution is 7.99. The fourth-order valence-corrected chi connectivity index (χ4v) is 2.78. The number of nitrogens with one attached hydrogen (secondary N) is 1. The number of hydrogen-bond donors (Lipinski definition) is 1. The zero-order valence-corrected chi connectivity index (χ0v) is 12.4. The molecule has 6 heteroatoms. The van der Waals surface area contributed by atoms with E-state index in [0.29, 0.717) is 5.03 Å². The largest absolute Gasteiger partial charge is 0.417 e. The number of nitrogens with zero attached hydrogens (tertiary/aromatic N) is 1. The van der Waals surface area contributed by atoms with Crippen LogP contribution in [0.3, 0.4) is 0 Å². The molecule has 1 N–H and O–H groups in total. The number of alkyl halides is 3. The molecule has 112 valence electrons. The zero-order chi connectivity index (χ0) is 15.5. The van der Waals surface area contributed by atoms with Crippen LogP contribution >= 0.6 is 11.8 Å². The van der Waals surface area contributed by atoms with Crippen molar-refractivity contribution in [1.82, 2.24) is 10.3 Å². The van der Waals surface area contributed by atoms with E-state index in [0.717, 1.165) is 22.7 Å². The van der Waals surface area contributed by atoms with Crippen LogP contribution < -0.4 is 5.32 Å². The van der Waals surface area contributed by atoms with Crippen molar-refractivity contribution in [3.05, 3.63) is 53.7 Å². The summed E-state index contributed by atoms with van der Waals surface area (Å²) in [5.74, 6) is 0. The number of pyridine rings is 1. The summed E-state index contributed by atoms with van der Waals surface area (Å²) in [5, 5.41) is 3.69. The van der Waals surface area contributed by atoms with E-state index >= 15 is 0 Å². The minimum Gasteiger partial charge on any atom is -0.313 e. The molecule has 1 heterocycles. The van der Waals surface area contributed by atoms with Crippen molar-refractivity contribution in [3.63, 3.8) is 0 Å². The van der Waals surface area contributed by atoms with Gasteiger partial charge in [0.25, 0.3) is 0 Å². The average molecular weight is 312 g/mol. The monoisotopic (exact) mass is 312 g/mol. The van der Waals surface area contributed by atoms with E-state index in [1.807, 2.05) is 38.2 Å². The fourth-order valence-electron chi connectivity index (χ4n) is 1.81. The van der Waals surface area contributed by atoms with Gasteiger partial charge in [0, 0.05) is 17.1 Å². The number of hydrogen-bond acceptors (Lipinski definition) is 3. The standard InChI is InChI=1S/C15H15F3N2S/c1-10(19-2)12-5-3-4-6-13(12)21-14-8-7-11(9-20-14)15(16,17)18/h3-10,19H,1-2H3. The molecule has 2 nitrogen and oxygen atoms in total. The second kappa shape index (κ2) is 6.49. The molecule has 2 aromatic rings. The Morgan fingerprint density at radius 1 is 1.14 bits per heavy atom. The Hall–Kier alpha value is -1.53. The predicted molar refractivity (Wildman–Crippen MR) is 77.3 cm³/mol. The maximum absolute atomic E-state index is 12.5. The van der Waals surface area contributed by atoms with Gasteiger partial charge in [-0.25, -0.2) is 4.98 Å². The third-order valence-electron chi connectivity index (χ3n) is 3.10. The zero-order valence-electron chi connectivity index (χ0n) is 11.6. The van der Waals surface area contributed by atoms with Crippen molar-refractivity contribution in [3.8, 4) is 0 Å². The van der Waals surface area contributed by atoms with Gasteiger partial charge in [-0.2, -0.15) is 13.2 Å². The molecule has 2 rings (SSSR count). The maximum atomic E-state index is 12.5. The Bertz CT molecular complexity index is 597. The van der Waals surface area contributed by atoms with E-state index in [4.69, 9.17) is 0 Å². The highest BCUT2D eigenvalue weighted by Gasteiger charge is 2.30. The molecule has 0 saturated carbocycles. The number of halogens is 3. The Kier molecular flexibility index (Phi) is 4.90. The lowest BCUT2D eigenvalue weighted by atomic mass is 10.1. The van der Waals surface area contributed by atoms with Crippen LogP contribution in [0.4, 0.5) is 13.2 Å². The molecule has 0 radical (unpaired) electrons. The van der Waals surface area contributed by atoms with Crippen LogP contribution in [0.1, 0.15) is 24.1 Å². The maximum Gasteiger partial charge on any atom is 0.417 e. The van der Waals surface area contributed by atoms with E-state index in [1.54, 1.807) is 0 Å². The van der Waals surface area contributed by atoms with Crippen LogP contribution in [-0.2, 0) is 6.18 Å². The normalized spacial score (nSPS) is 13.2. The number of rotatable bonds is 4. The predicted octanol–water partition coefficient (Wildman–Crippen LogP) is 4.53. The van der Waals surface area contributed by atoms with Crippen molar-refractivity contribution < 1.29 is 13.2 Å². The van der Waals surface area contributed by atoms with E-state index < -0.39 is 11.7 Å². The third kappa shape index (κ3) is 3.98.